The van der Waals surface area contributed by atoms with Gasteiger partial charge in [-0.05, 0) is 42.5 Å². The molecule has 0 aliphatic carbocycles. The highest BCUT2D eigenvalue weighted by molar-refractivity contribution is 5.80. The topological polar surface area (TPSA) is 40.2 Å². The second-order valence-electron chi connectivity index (χ2n) is 4.28. The number of aromatic nitrogens is 1. The van der Waals surface area contributed by atoms with Gasteiger partial charge in [0.25, 0.3) is 0 Å². The molecular weight excluding hydrogens is 200 g/mol. The van der Waals surface area contributed by atoms with Gasteiger partial charge in [-0.1, -0.05) is 6.07 Å². The first-order chi connectivity index (χ1) is 7.70. The Morgan fingerprint density at radius 2 is 2.19 bits per heavy atom. The van der Waals surface area contributed by atoms with Crippen molar-refractivity contribution in [1.29, 1.82) is 0 Å². The average molecular weight is 218 g/mol. The van der Waals surface area contributed by atoms with E-state index in [0.29, 0.717) is 6.73 Å². The molecule has 2 aromatic rings. The van der Waals surface area contributed by atoms with Gasteiger partial charge >= 0.3 is 0 Å². The van der Waals surface area contributed by atoms with Gasteiger partial charge in [-0.25, -0.2) is 0 Å². The summed E-state index contributed by atoms with van der Waals surface area (Å²) in [6.45, 7) is 2.62. The Labute approximate surface area is 95.8 Å². The monoisotopic (exact) mass is 218 g/mol. The Morgan fingerprint density at radius 1 is 1.38 bits per heavy atom. The summed E-state index contributed by atoms with van der Waals surface area (Å²) in [5.74, 6) is 0. The summed E-state index contributed by atoms with van der Waals surface area (Å²) in [6, 6.07) is 8.78. The maximum absolute atomic E-state index is 5.80. The summed E-state index contributed by atoms with van der Waals surface area (Å²) in [4.78, 5) is 0. The van der Waals surface area contributed by atoms with Crippen molar-refractivity contribution in [2.75, 3.05) is 7.11 Å². The van der Waals surface area contributed by atoms with Crippen molar-refractivity contribution in [1.82, 2.24) is 4.57 Å². The minimum atomic E-state index is 0.207. The van der Waals surface area contributed by atoms with E-state index in [0.717, 1.165) is 6.42 Å². The molecule has 1 heterocycles. The van der Waals surface area contributed by atoms with Crippen LogP contribution in [0.5, 0.6) is 0 Å². The summed E-state index contributed by atoms with van der Waals surface area (Å²) in [7, 11) is 1.70. The van der Waals surface area contributed by atoms with Crippen LogP contribution in [0.3, 0.4) is 0 Å². The van der Waals surface area contributed by atoms with Crippen molar-refractivity contribution < 1.29 is 4.74 Å². The average Bonchev–Trinajstić information content (AvgIpc) is 2.61. The number of nitrogens with zero attached hydrogens (tertiary/aromatic N) is 1. The third-order valence-corrected chi connectivity index (χ3v) is 2.66. The fourth-order valence-electron chi connectivity index (χ4n) is 2.00. The molecule has 0 saturated carbocycles. The lowest BCUT2D eigenvalue weighted by molar-refractivity contribution is 0.135. The zero-order chi connectivity index (χ0) is 11.5. The van der Waals surface area contributed by atoms with Crippen LogP contribution < -0.4 is 5.73 Å². The summed E-state index contributed by atoms with van der Waals surface area (Å²) < 4.78 is 7.22. The van der Waals surface area contributed by atoms with Gasteiger partial charge in [0.1, 0.15) is 6.73 Å². The zero-order valence-electron chi connectivity index (χ0n) is 9.81. The Bertz CT molecular complexity index is 474. The molecule has 0 aliphatic rings. The first-order valence-electron chi connectivity index (χ1n) is 5.53. The van der Waals surface area contributed by atoms with E-state index in [-0.39, 0.29) is 6.04 Å². The SMILES string of the molecule is COCn1ccc2cc(CC(C)N)ccc21. The van der Waals surface area contributed by atoms with Crippen molar-refractivity contribution in [3.05, 3.63) is 36.0 Å². The van der Waals surface area contributed by atoms with Crippen LogP contribution in [-0.4, -0.2) is 17.7 Å². The highest BCUT2D eigenvalue weighted by atomic mass is 16.5. The van der Waals surface area contributed by atoms with Crippen molar-refractivity contribution in [2.45, 2.75) is 26.1 Å². The minimum Gasteiger partial charge on any atom is -0.364 e. The maximum atomic E-state index is 5.80. The van der Waals surface area contributed by atoms with Crippen LogP contribution in [0.15, 0.2) is 30.5 Å². The van der Waals surface area contributed by atoms with Crippen molar-refractivity contribution in [2.24, 2.45) is 5.73 Å². The minimum absolute atomic E-state index is 0.207. The van der Waals surface area contributed by atoms with E-state index in [1.165, 1.54) is 16.5 Å². The van der Waals surface area contributed by atoms with Gasteiger partial charge in [0.15, 0.2) is 0 Å². The van der Waals surface area contributed by atoms with E-state index in [1.807, 2.05) is 13.1 Å². The Kier molecular flexibility index (Phi) is 3.27. The molecule has 0 radical (unpaired) electrons. The lowest BCUT2D eigenvalue weighted by Crippen LogP contribution is -2.17. The lowest BCUT2D eigenvalue weighted by Gasteiger charge is -2.07. The van der Waals surface area contributed by atoms with Crippen LogP contribution in [0.4, 0.5) is 0 Å². The Balaban J connectivity index is 2.33. The molecule has 86 valence electrons. The standard InChI is InChI=1S/C13H18N2O/c1-10(14)7-11-3-4-13-12(8-11)5-6-15(13)9-16-2/h3-6,8,10H,7,9,14H2,1-2H3. The molecule has 0 saturated heterocycles. The van der Waals surface area contributed by atoms with Gasteiger partial charge in [-0.2, -0.15) is 0 Å². The molecule has 2 rings (SSSR count). The predicted octanol–water partition coefficient (Wildman–Crippen LogP) is 2.13. The molecular formula is C13H18N2O. The third kappa shape index (κ3) is 2.26. The molecule has 0 amide bonds. The van der Waals surface area contributed by atoms with Crippen LogP contribution in [0.2, 0.25) is 0 Å². The molecule has 3 nitrogen and oxygen atoms in total. The van der Waals surface area contributed by atoms with Crippen LogP contribution >= 0.6 is 0 Å². The molecule has 0 bridgehead atoms. The van der Waals surface area contributed by atoms with E-state index in [1.54, 1.807) is 7.11 Å². The van der Waals surface area contributed by atoms with E-state index < -0.39 is 0 Å². The fraction of sp³-hybridized carbons (Fsp3) is 0.385. The molecule has 1 aromatic heterocycles. The van der Waals surface area contributed by atoms with Crippen LogP contribution in [-0.2, 0) is 17.9 Å². The quantitative estimate of drug-likeness (QED) is 0.854. The van der Waals surface area contributed by atoms with E-state index >= 15 is 0 Å². The number of nitrogens with two attached hydrogens (primary N) is 1. The Morgan fingerprint density at radius 3 is 2.88 bits per heavy atom. The second kappa shape index (κ2) is 4.68. The van der Waals surface area contributed by atoms with Crippen molar-refractivity contribution >= 4 is 10.9 Å². The van der Waals surface area contributed by atoms with Crippen molar-refractivity contribution in [3.63, 3.8) is 0 Å². The predicted molar refractivity (Wildman–Crippen MR) is 66.3 cm³/mol. The summed E-state index contributed by atoms with van der Waals surface area (Å²) in [5, 5.41) is 1.25. The smallest absolute Gasteiger partial charge is 0.122 e. The molecule has 16 heavy (non-hydrogen) atoms. The summed E-state index contributed by atoms with van der Waals surface area (Å²) in [5.41, 5.74) is 8.29. The molecule has 0 spiro atoms. The molecule has 1 aromatic carbocycles. The van der Waals surface area contributed by atoms with Crippen LogP contribution in [0, 0.1) is 0 Å². The first kappa shape index (κ1) is 11.2. The van der Waals surface area contributed by atoms with Gasteiger partial charge in [0.2, 0.25) is 0 Å². The largest absolute Gasteiger partial charge is 0.364 e. The fourth-order valence-corrected chi connectivity index (χ4v) is 2.00. The van der Waals surface area contributed by atoms with E-state index in [9.17, 15) is 0 Å². The van der Waals surface area contributed by atoms with Crippen LogP contribution in [0.25, 0.3) is 10.9 Å². The van der Waals surface area contributed by atoms with Gasteiger partial charge in [0.05, 0.1) is 0 Å². The number of benzene rings is 1. The van der Waals surface area contributed by atoms with Gasteiger partial charge in [0, 0.05) is 24.9 Å². The van der Waals surface area contributed by atoms with E-state index in [4.69, 9.17) is 10.5 Å². The zero-order valence-corrected chi connectivity index (χ0v) is 9.81. The van der Waals surface area contributed by atoms with Gasteiger partial charge < -0.3 is 15.0 Å². The lowest BCUT2D eigenvalue weighted by atomic mass is 10.1. The highest BCUT2D eigenvalue weighted by Gasteiger charge is 2.03. The third-order valence-electron chi connectivity index (χ3n) is 2.66. The number of methoxy groups -OCH3 is 1. The van der Waals surface area contributed by atoms with E-state index in [2.05, 4.69) is 28.8 Å². The number of hydrogen-bond acceptors (Lipinski definition) is 2. The van der Waals surface area contributed by atoms with Crippen molar-refractivity contribution in [3.8, 4) is 0 Å². The molecule has 0 aliphatic heterocycles. The highest BCUT2D eigenvalue weighted by Crippen LogP contribution is 2.18. The second-order valence-corrected chi connectivity index (χ2v) is 4.28. The summed E-state index contributed by atoms with van der Waals surface area (Å²) >= 11 is 0. The number of rotatable bonds is 4. The normalized spacial score (nSPS) is 13.2. The van der Waals surface area contributed by atoms with Crippen LogP contribution in [0.1, 0.15) is 12.5 Å². The van der Waals surface area contributed by atoms with Gasteiger partial charge in [-0.3, -0.25) is 0 Å². The molecule has 3 heteroatoms. The summed E-state index contributed by atoms with van der Waals surface area (Å²) in [6.07, 6.45) is 2.97. The maximum Gasteiger partial charge on any atom is 0.122 e. The molecule has 0 fully saturated rings. The number of fused-ring (bicyclic) bond motifs is 1. The number of hydrogen-bond donors (Lipinski definition) is 1. The molecule has 1 atom stereocenters. The molecule has 2 N–H and O–H groups in total. The van der Waals surface area contributed by atoms with Gasteiger partial charge in [-0.15, -0.1) is 0 Å². The number of ether oxygens (including phenoxy) is 1. The molecule has 1 unspecified atom stereocenters. The Hall–Kier alpha value is -1.32. The first-order valence-corrected chi connectivity index (χ1v) is 5.53.